The minimum absolute atomic E-state index is 0.0825. The smallest absolute Gasteiger partial charge is 0.333 e. The van der Waals surface area contributed by atoms with Crippen LogP contribution in [0.15, 0.2) is 72.0 Å². The van der Waals surface area contributed by atoms with Crippen LogP contribution in [0.2, 0.25) is 5.02 Å². The van der Waals surface area contributed by atoms with Gasteiger partial charge in [0.2, 0.25) is 0 Å². The van der Waals surface area contributed by atoms with E-state index in [1.165, 1.54) is 4.80 Å². The summed E-state index contributed by atoms with van der Waals surface area (Å²) < 4.78 is 3.57. The molecule has 0 radical (unpaired) electrons. The highest BCUT2D eigenvalue weighted by Crippen LogP contribution is 2.28. The van der Waals surface area contributed by atoms with Crippen LogP contribution in [0.25, 0.3) is 22.5 Å². The minimum Gasteiger partial charge on any atom is -0.349 e. The summed E-state index contributed by atoms with van der Waals surface area (Å²) in [5.74, 6) is 0.760. The molecular weight excluding hydrogens is 516 g/mol. The van der Waals surface area contributed by atoms with E-state index in [-0.39, 0.29) is 17.6 Å². The van der Waals surface area contributed by atoms with Gasteiger partial charge in [-0.15, -0.1) is 4.80 Å². The lowest BCUT2D eigenvalue weighted by molar-refractivity contribution is 0.0919. The van der Waals surface area contributed by atoms with Gasteiger partial charge in [0, 0.05) is 18.8 Å². The van der Waals surface area contributed by atoms with Gasteiger partial charge in [0.05, 0.1) is 51.6 Å². The molecule has 4 aromatic heterocycles. The molecule has 1 saturated carbocycles. The zero-order valence-corrected chi connectivity index (χ0v) is 22.1. The number of imidazole rings is 1. The summed E-state index contributed by atoms with van der Waals surface area (Å²) in [6.07, 6.45) is 9.92. The molecular formula is C28H27ClN8O2. The second-order valence-electron chi connectivity index (χ2n) is 9.89. The van der Waals surface area contributed by atoms with Crippen molar-refractivity contribution >= 4 is 28.5 Å². The SMILES string of the molecule is Cc1ncc(Cl)cc1C(=O)N[C@H]1CC[C@H](Cn2c(=O)n(-c3ccc(-n4nccn4)nc3)c3ccccc32)CC1. The standard InChI is InChI=1S/C28H27ClN8O2/c1-18-23(14-20(29)15-30-18)27(38)34-21-8-6-19(7-9-21)17-35-24-4-2-3-5-25(24)36(28(35)39)22-10-11-26(31-16-22)37-32-12-13-33-37/h2-5,10-16,19,21H,6-9,17H2,1H3,(H,34,38)/t19-,21-. The third-order valence-electron chi connectivity index (χ3n) is 7.37. The van der Waals surface area contributed by atoms with Gasteiger partial charge < -0.3 is 5.32 Å². The Balaban J connectivity index is 1.18. The molecule has 1 aliphatic carbocycles. The molecule has 0 saturated heterocycles. The van der Waals surface area contributed by atoms with Gasteiger partial charge in [-0.3, -0.25) is 18.9 Å². The van der Waals surface area contributed by atoms with E-state index < -0.39 is 0 Å². The van der Waals surface area contributed by atoms with E-state index >= 15 is 0 Å². The van der Waals surface area contributed by atoms with E-state index in [0.717, 1.165) is 36.7 Å². The van der Waals surface area contributed by atoms with Gasteiger partial charge in [-0.05, 0) is 68.9 Å². The van der Waals surface area contributed by atoms with Crippen LogP contribution in [0.4, 0.5) is 0 Å². The molecule has 0 atom stereocenters. The quantitative estimate of drug-likeness (QED) is 0.345. The molecule has 198 valence electrons. The normalized spacial score (nSPS) is 17.4. The Kier molecular flexibility index (Phi) is 6.70. The topological polar surface area (TPSA) is 113 Å². The molecule has 6 rings (SSSR count). The van der Waals surface area contributed by atoms with E-state index in [1.54, 1.807) is 48.4 Å². The van der Waals surface area contributed by atoms with Gasteiger partial charge in [0.25, 0.3) is 5.91 Å². The molecule has 5 aromatic rings. The minimum atomic E-state index is -0.145. The van der Waals surface area contributed by atoms with E-state index in [0.29, 0.717) is 40.2 Å². The number of carbonyl (C=O) groups is 1. The first kappa shape index (κ1) is 25.0. The van der Waals surface area contributed by atoms with Crippen LogP contribution in [0, 0.1) is 12.8 Å². The Hall–Kier alpha value is -4.31. The van der Waals surface area contributed by atoms with Crippen LogP contribution in [-0.2, 0) is 6.54 Å². The number of nitrogens with one attached hydrogen (secondary N) is 1. The summed E-state index contributed by atoms with van der Waals surface area (Å²) in [4.78, 5) is 36.6. The third-order valence-corrected chi connectivity index (χ3v) is 7.58. The number of aromatic nitrogens is 7. The fourth-order valence-corrected chi connectivity index (χ4v) is 5.50. The summed E-state index contributed by atoms with van der Waals surface area (Å²) >= 11 is 6.04. The van der Waals surface area contributed by atoms with Gasteiger partial charge in [0.1, 0.15) is 0 Å². The number of para-hydroxylation sites is 2. The van der Waals surface area contributed by atoms with Crippen molar-refractivity contribution < 1.29 is 4.79 Å². The number of benzene rings is 1. The van der Waals surface area contributed by atoms with Gasteiger partial charge in [-0.25, -0.2) is 9.78 Å². The lowest BCUT2D eigenvalue weighted by Crippen LogP contribution is -2.39. The van der Waals surface area contributed by atoms with E-state index in [9.17, 15) is 9.59 Å². The van der Waals surface area contributed by atoms with Crippen molar-refractivity contribution in [1.29, 1.82) is 0 Å². The molecule has 1 N–H and O–H groups in total. The molecule has 11 heteroatoms. The van der Waals surface area contributed by atoms with Crippen LogP contribution in [0.3, 0.4) is 0 Å². The number of fused-ring (bicyclic) bond motifs is 1. The number of rotatable bonds is 6. The monoisotopic (exact) mass is 542 g/mol. The Morgan fingerprint density at radius 2 is 1.74 bits per heavy atom. The Bertz CT molecular complexity index is 1680. The van der Waals surface area contributed by atoms with E-state index in [4.69, 9.17) is 11.6 Å². The Labute approximate surface area is 229 Å². The third kappa shape index (κ3) is 4.95. The summed E-state index contributed by atoms with van der Waals surface area (Å²) in [7, 11) is 0. The van der Waals surface area contributed by atoms with Crippen molar-refractivity contribution in [3.05, 3.63) is 94.0 Å². The van der Waals surface area contributed by atoms with Crippen LogP contribution in [0.1, 0.15) is 41.7 Å². The maximum atomic E-state index is 13.7. The maximum Gasteiger partial charge on any atom is 0.333 e. The molecule has 0 spiro atoms. The first-order valence-corrected chi connectivity index (χ1v) is 13.3. The number of aryl methyl sites for hydroxylation is 1. The van der Waals surface area contributed by atoms with Crippen LogP contribution < -0.4 is 11.0 Å². The summed E-state index contributed by atoms with van der Waals surface area (Å²) in [6.45, 7) is 2.42. The van der Waals surface area contributed by atoms with Gasteiger partial charge in [0.15, 0.2) is 5.82 Å². The van der Waals surface area contributed by atoms with Crippen molar-refractivity contribution in [3.63, 3.8) is 0 Å². The average molecular weight is 543 g/mol. The first-order valence-electron chi connectivity index (χ1n) is 12.9. The van der Waals surface area contributed by atoms with Crippen LogP contribution >= 0.6 is 11.6 Å². The molecule has 10 nitrogen and oxygen atoms in total. The molecule has 4 heterocycles. The van der Waals surface area contributed by atoms with Crippen molar-refractivity contribution in [1.82, 2.24) is 39.4 Å². The summed E-state index contributed by atoms with van der Waals surface area (Å²) in [5, 5.41) is 11.8. The maximum absolute atomic E-state index is 13.7. The molecule has 1 fully saturated rings. The molecule has 0 bridgehead atoms. The fourth-order valence-electron chi connectivity index (χ4n) is 5.35. The highest BCUT2D eigenvalue weighted by molar-refractivity contribution is 6.30. The number of hydrogen-bond acceptors (Lipinski definition) is 6. The van der Waals surface area contributed by atoms with Crippen LogP contribution in [-0.4, -0.2) is 46.0 Å². The second kappa shape index (κ2) is 10.5. The average Bonchev–Trinajstić information content (AvgIpc) is 3.58. The Morgan fingerprint density at radius 1 is 1.00 bits per heavy atom. The van der Waals surface area contributed by atoms with Crippen molar-refractivity contribution in [2.75, 3.05) is 0 Å². The number of pyridine rings is 2. The largest absolute Gasteiger partial charge is 0.349 e. The molecule has 0 unspecified atom stereocenters. The van der Waals surface area contributed by atoms with Gasteiger partial charge in [-0.2, -0.15) is 10.2 Å². The number of carbonyl (C=O) groups excluding carboxylic acids is 1. The molecule has 1 aliphatic rings. The molecule has 39 heavy (non-hydrogen) atoms. The zero-order chi connectivity index (χ0) is 26.9. The van der Waals surface area contributed by atoms with Gasteiger partial charge >= 0.3 is 5.69 Å². The second-order valence-corrected chi connectivity index (χ2v) is 10.3. The number of amides is 1. The first-order chi connectivity index (χ1) is 19.0. The number of hydrogen-bond donors (Lipinski definition) is 1. The zero-order valence-electron chi connectivity index (χ0n) is 21.4. The number of nitrogens with zero attached hydrogens (tertiary/aromatic N) is 7. The lowest BCUT2D eigenvalue weighted by atomic mass is 9.85. The highest BCUT2D eigenvalue weighted by atomic mass is 35.5. The van der Waals surface area contributed by atoms with Crippen LogP contribution in [0.5, 0.6) is 0 Å². The summed E-state index contributed by atoms with van der Waals surface area (Å²) in [5.41, 5.74) is 3.47. The van der Waals surface area contributed by atoms with E-state index in [1.807, 2.05) is 34.9 Å². The van der Waals surface area contributed by atoms with E-state index in [2.05, 4.69) is 25.5 Å². The van der Waals surface area contributed by atoms with Crippen molar-refractivity contribution in [2.45, 2.75) is 45.2 Å². The van der Waals surface area contributed by atoms with Crippen molar-refractivity contribution in [3.8, 4) is 11.5 Å². The lowest BCUT2D eigenvalue weighted by Gasteiger charge is -2.29. The number of halogens is 1. The Morgan fingerprint density at radius 3 is 2.46 bits per heavy atom. The van der Waals surface area contributed by atoms with Crippen molar-refractivity contribution in [2.24, 2.45) is 5.92 Å². The molecule has 1 aromatic carbocycles. The summed E-state index contributed by atoms with van der Waals surface area (Å²) in [6, 6.07) is 13.2. The molecule has 1 amide bonds. The predicted molar refractivity (Wildman–Crippen MR) is 147 cm³/mol. The molecule has 0 aliphatic heterocycles. The predicted octanol–water partition coefficient (Wildman–Crippen LogP) is 4.11. The fraction of sp³-hybridized carbons (Fsp3) is 0.286. The highest BCUT2D eigenvalue weighted by Gasteiger charge is 2.25. The van der Waals surface area contributed by atoms with Gasteiger partial charge in [-0.1, -0.05) is 23.7 Å².